The molecule has 0 fully saturated rings. The lowest BCUT2D eigenvalue weighted by Gasteiger charge is -2.19. The van der Waals surface area contributed by atoms with Crippen molar-refractivity contribution in [1.29, 1.82) is 0 Å². The van der Waals surface area contributed by atoms with Crippen LogP contribution in [0.15, 0.2) is 24.3 Å². The fourth-order valence-corrected chi connectivity index (χ4v) is 1.48. The number of hydrogen-bond acceptors (Lipinski definition) is 2. The van der Waals surface area contributed by atoms with Crippen molar-refractivity contribution in [2.45, 2.75) is 39.2 Å². The van der Waals surface area contributed by atoms with Gasteiger partial charge in [0.05, 0.1) is 6.61 Å². The first-order chi connectivity index (χ1) is 7.54. The van der Waals surface area contributed by atoms with E-state index in [9.17, 15) is 0 Å². The van der Waals surface area contributed by atoms with E-state index in [-0.39, 0.29) is 5.41 Å². The van der Waals surface area contributed by atoms with Crippen LogP contribution in [0.25, 0.3) is 0 Å². The molecule has 1 aromatic carbocycles. The van der Waals surface area contributed by atoms with Gasteiger partial charge in [-0.3, -0.25) is 0 Å². The van der Waals surface area contributed by atoms with Crippen molar-refractivity contribution in [3.8, 4) is 0 Å². The van der Waals surface area contributed by atoms with Gasteiger partial charge in [0, 0.05) is 6.61 Å². The van der Waals surface area contributed by atoms with Gasteiger partial charge in [0.15, 0.2) is 0 Å². The smallest absolute Gasteiger partial charge is 0.0716 e. The van der Waals surface area contributed by atoms with Gasteiger partial charge in [-0.25, -0.2) is 0 Å². The first-order valence-corrected chi connectivity index (χ1v) is 5.91. The summed E-state index contributed by atoms with van der Waals surface area (Å²) >= 11 is 0. The Balaban J connectivity index is 2.46. The van der Waals surface area contributed by atoms with Crippen molar-refractivity contribution in [3.63, 3.8) is 0 Å². The first-order valence-electron chi connectivity index (χ1n) is 5.91. The van der Waals surface area contributed by atoms with Crippen molar-refractivity contribution in [2.24, 2.45) is 5.73 Å². The minimum Gasteiger partial charge on any atom is -0.377 e. The molecule has 2 heteroatoms. The summed E-state index contributed by atoms with van der Waals surface area (Å²) in [6.45, 7) is 8.80. The third-order valence-electron chi connectivity index (χ3n) is 2.58. The Kier molecular flexibility index (Phi) is 4.97. The van der Waals surface area contributed by atoms with Gasteiger partial charge in [0.2, 0.25) is 0 Å². The molecule has 0 spiro atoms. The molecule has 2 nitrogen and oxygen atoms in total. The lowest BCUT2D eigenvalue weighted by molar-refractivity contribution is 0.120. The highest BCUT2D eigenvalue weighted by Gasteiger charge is 2.12. The molecule has 0 saturated heterocycles. The summed E-state index contributed by atoms with van der Waals surface area (Å²) in [6, 6.07) is 8.65. The molecule has 0 radical (unpaired) electrons. The topological polar surface area (TPSA) is 35.2 Å². The molecule has 0 heterocycles. The van der Waals surface area contributed by atoms with Crippen LogP contribution in [0, 0.1) is 0 Å². The predicted octanol–water partition coefficient (Wildman–Crippen LogP) is 2.85. The summed E-state index contributed by atoms with van der Waals surface area (Å²) in [7, 11) is 0. The summed E-state index contributed by atoms with van der Waals surface area (Å²) in [5.41, 5.74) is 8.20. The molecule has 1 aromatic rings. The predicted molar refractivity (Wildman–Crippen MR) is 68.5 cm³/mol. The number of hydrogen-bond donors (Lipinski definition) is 1. The number of ether oxygens (including phenoxy) is 1. The normalized spacial score (nSPS) is 11.8. The molecule has 0 atom stereocenters. The van der Waals surface area contributed by atoms with Crippen molar-refractivity contribution in [2.75, 3.05) is 13.2 Å². The molecule has 16 heavy (non-hydrogen) atoms. The molecular formula is C14H23NO. The van der Waals surface area contributed by atoms with Crippen molar-refractivity contribution in [1.82, 2.24) is 0 Å². The summed E-state index contributed by atoms with van der Waals surface area (Å²) in [6.07, 6.45) is 0.931. The molecular weight excluding hydrogens is 198 g/mol. The van der Waals surface area contributed by atoms with Crippen LogP contribution in [-0.4, -0.2) is 13.2 Å². The molecule has 0 bridgehead atoms. The van der Waals surface area contributed by atoms with E-state index in [1.165, 1.54) is 11.1 Å². The third kappa shape index (κ3) is 4.33. The van der Waals surface area contributed by atoms with Gasteiger partial charge in [-0.15, -0.1) is 0 Å². The summed E-state index contributed by atoms with van der Waals surface area (Å²) in [5.74, 6) is 0. The molecule has 1 rings (SSSR count). The minimum atomic E-state index is 0.221. The minimum absolute atomic E-state index is 0.221. The highest BCUT2D eigenvalue weighted by atomic mass is 16.5. The maximum atomic E-state index is 5.51. The number of benzene rings is 1. The average molecular weight is 221 g/mol. The molecule has 0 amide bonds. The van der Waals surface area contributed by atoms with E-state index in [4.69, 9.17) is 10.5 Å². The second-order valence-electron chi connectivity index (χ2n) is 5.14. The van der Waals surface area contributed by atoms with E-state index in [1.54, 1.807) is 0 Å². The molecule has 0 saturated carbocycles. The van der Waals surface area contributed by atoms with Crippen LogP contribution in [-0.2, 0) is 16.8 Å². The van der Waals surface area contributed by atoms with E-state index >= 15 is 0 Å². The Morgan fingerprint density at radius 2 is 1.75 bits per heavy atom. The Bertz CT molecular complexity index is 298. The maximum absolute atomic E-state index is 5.51. The monoisotopic (exact) mass is 221 g/mol. The maximum Gasteiger partial charge on any atom is 0.0716 e. The van der Waals surface area contributed by atoms with Gasteiger partial charge in [0.1, 0.15) is 0 Å². The SMILES string of the molecule is CC(C)(C)c1ccc(COCCCN)cc1. The lowest BCUT2D eigenvalue weighted by atomic mass is 9.87. The van der Waals surface area contributed by atoms with Gasteiger partial charge in [-0.1, -0.05) is 45.0 Å². The first kappa shape index (κ1) is 13.2. The average Bonchev–Trinajstić information content (AvgIpc) is 2.24. The van der Waals surface area contributed by atoms with Gasteiger partial charge in [-0.05, 0) is 29.5 Å². The number of rotatable bonds is 5. The molecule has 0 aromatic heterocycles. The van der Waals surface area contributed by atoms with Crippen LogP contribution >= 0.6 is 0 Å². The van der Waals surface area contributed by atoms with Crippen LogP contribution in [0.1, 0.15) is 38.3 Å². The molecule has 0 aliphatic rings. The zero-order valence-electron chi connectivity index (χ0n) is 10.6. The van der Waals surface area contributed by atoms with E-state index in [0.717, 1.165) is 13.0 Å². The van der Waals surface area contributed by atoms with Crippen molar-refractivity contribution in [3.05, 3.63) is 35.4 Å². The van der Waals surface area contributed by atoms with Crippen LogP contribution in [0.3, 0.4) is 0 Å². The second-order valence-corrected chi connectivity index (χ2v) is 5.14. The molecule has 0 unspecified atom stereocenters. The van der Waals surface area contributed by atoms with Crippen molar-refractivity contribution >= 4 is 0 Å². The Morgan fingerprint density at radius 3 is 2.25 bits per heavy atom. The molecule has 0 aliphatic carbocycles. The van der Waals surface area contributed by atoms with Gasteiger partial charge < -0.3 is 10.5 Å². The van der Waals surface area contributed by atoms with Gasteiger partial charge in [-0.2, -0.15) is 0 Å². The van der Waals surface area contributed by atoms with Gasteiger partial charge in [0.25, 0.3) is 0 Å². The van der Waals surface area contributed by atoms with E-state index < -0.39 is 0 Å². The van der Waals surface area contributed by atoms with Crippen molar-refractivity contribution < 1.29 is 4.74 Å². The Hall–Kier alpha value is -0.860. The molecule has 90 valence electrons. The third-order valence-corrected chi connectivity index (χ3v) is 2.58. The standard InChI is InChI=1S/C14H23NO/c1-14(2,3)13-7-5-12(6-8-13)11-16-10-4-9-15/h5-8H,4,9-11,15H2,1-3H3. The molecule has 0 aliphatic heterocycles. The summed E-state index contributed by atoms with van der Waals surface area (Å²) < 4.78 is 5.51. The van der Waals surface area contributed by atoms with Crippen LogP contribution in [0.2, 0.25) is 0 Å². The van der Waals surface area contributed by atoms with Crippen LogP contribution in [0.5, 0.6) is 0 Å². The second kappa shape index (κ2) is 6.02. The summed E-state index contributed by atoms with van der Waals surface area (Å²) in [4.78, 5) is 0. The Morgan fingerprint density at radius 1 is 1.12 bits per heavy atom. The zero-order chi connectivity index (χ0) is 12.0. The quantitative estimate of drug-likeness (QED) is 0.776. The number of nitrogens with two attached hydrogens (primary N) is 1. The summed E-state index contributed by atoms with van der Waals surface area (Å²) in [5, 5.41) is 0. The molecule has 2 N–H and O–H groups in total. The fraction of sp³-hybridized carbons (Fsp3) is 0.571. The zero-order valence-corrected chi connectivity index (χ0v) is 10.6. The Labute approximate surface area is 98.8 Å². The van der Waals surface area contributed by atoms with Gasteiger partial charge >= 0.3 is 0 Å². The van der Waals surface area contributed by atoms with Crippen LogP contribution < -0.4 is 5.73 Å². The van der Waals surface area contributed by atoms with E-state index in [1.807, 2.05) is 0 Å². The highest BCUT2D eigenvalue weighted by molar-refractivity contribution is 5.27. The fourth-order valence-electron chi connectivity index (χ4n) is 1.48. The van der Waals surface area contributed by atoms with Crippen LogP contribution in [0.4, 0.5) is 0 Å². The lowest BCUT2D eigenvalue weighted by Crippen LogP contribution is -2.10. The van der Waals surface area contributed by atoms with E-state index in [2.05, 4.69) is 45.0 Å². The van der Waals surface area contributed by atoms with E-state index in [0.29, 0.717) is 13.2 Å². The largest absolute Gasteiger partial charge is 0.377 e. The highest BCUT2D eigenvalue weighted by Crippen LogP contribution is 2.22.